The second-order valence-corrected chi connectivity index (χ2v) is 7.36. The summed E-state index contributed by atoms with van der Waals surface area (Å²) in [5, 5.41) is -0.464. The Bertz CT molecular complexity index is 612. The highest BCUT2D eigenvalue weighted by molar-refractivity contribution is 7.92. The zero-order valence-corrected chi connectivity index (χ0v) is 12.9. The lowest BCUT2D eigenvalue weighted by Crippen LogP contribution is -2.19. The van der Waals surface area contributed by atoms with E-state index in [9.17, 15) is 8.42 Å². The lowest BCUT2D eigenvalue weighted by atomic mass is 10.2. The normalized spacial score (nSPS) is 19.5. The van der Waals surface area contributed by atoms with Gasteiger partial charge in [-0.1, -0.05) is 31.0 Å². The molecule has 0 spiro atoms. The van der Waals surface area contributed by atoms with Crippen LogP contribution in [-0.4, -0.2) is 19.9 Å². The maximum Gasteiger partial charge on any atom is 0.184 e. The van der Waals surface area contributed by atoms with Crippen molar-refractivity contribution in [2.75, 3.05) is 0 Å². The molecule has 0 amide bonds. The minimum atomic E-state index is -3.31. The van der Waals surface area contributed by atoms with Gasteiger partial charge in [-0.25, -0.2) is 8.42 Å². The molecule has 4 heteroatoms. The van der Waals surface area contributed by atoms with E-state index in [-0.39, 0.29) is 0 Å². The fourth-order valence-corrected chi connectivity index (χ4v) is 3.96. The van der Waals surface area contributed by atoms with Gasteiger partial charge in [-0.15, -0.1) is 0 Å². The second kappa shape index (κ2) is 6.35. The monoisotopic (exact) mass is 291 g/mol. The van der Waals surface area contributed by atoms with Crippen molar-refractivity contribution in [2.45, 2.75) is 49.7 Å². The van der Waals surface area contributed by atoms with Crippen LogP contribution < -0.4 is 0 Å². The van der Waals surface area contributed by atoms with Gasteiger partial charge in [0.15, 0.2) is 9.84 Å². The van der Waals surface area contributed by atoms with Gasteiger partial charge in [0.05, 0.1) is 10.1 Å². The smallest absolute Gasteiger partial charge is 0.184 e. The molecular weight excluding hydrogens is 270 g/mol. The molecule has 3 nitrogen and oxygen atoms in total. The maximum atomic E-state index is 12.7. The van der Waals surface area contributed by atoms with Crippen molar-refractivity contribution >= 4 is 16.1 Å². The van der Waals surface area contributed by atoms with E-state index in [4.69, 9.17) is 0 Å². The van der Waals surface area contributed by atoms with Crippen molar-refractivity contribution < 1.29 is 8.42 Å². The van der Waals surface area contributed by atoms with E-state index in [0.29, 0.717) is 17.7 Å². The van der Waals surface area contributed by atoms with Gasteiger partial charge in [-0.3, -0.25) is 4.99 Å². The number of hydrogen-bond donors (Lipinski definition) is 0. The molecule has 0 saturated heterocycles. The molecule has 0 bridgehead atoms. The van der Waals surface area contributed by atoms with Gasteiger partial charge in [0.1, 0.15) is 0 Å². The van der Waals surface area contributed by atoms with Crippen LogP contribution in [0.4, 0.5) is 0 Å². The van der Waals surface area contributed by atoms with Crippen LogP contribution in [0.3, 0.4) is 0 Å². The van der Waals surface area contributed by atoms with Crippen molar-refractivity contribution in [1.82, 2.24) is 0 Å². The van der Waals surface area contributed by atoms with E-state index >= 15 is 0 Å². The molecule has 20 heavy (non-hydrogen) atoms. The third kappa shape index (κ3) is 3.37. The number of sulfone groups is 1. The molecule has 1 unspecified atom stereocenters. The zero-order valence-electron chi connectivity index (χ0n) is 12.0. The lowest BCUT2D eigenvalue weighted by Gasteiger charge is -2.13. The molecule has 2 rings (SSSR count). The van der Waals surface area contributed by atoms with Crippen molar-refractivity contribution in [3.05, 3.63) is 41.6 Å². The van der Waals surface area contributed by atoms with Crippen LogP contribution >= 0.6 is 0 Å². The molecule has 1 aliphatic heterocycles. The first-order valence-corrected chi connectivity index (χ1v) is 8.62. The average Bonchev–Trinajstić information content (AvgIpc) is 2.66. The van der Waals surface area contributed by atoms with Crippen molar-refractivity contribution in [3.63, 3.8) is 0 Å². The second-order valence-electron chi connectivity index (χ2n) is 5.19. The highest BCUT2D eigenvalue weighted by Gasteiger charge is 2.26. The van der Waals surface area contributed by atoms with Crippen LogP contribution in [0.5, 0.6) is 0 Å². The molecule has 0 radical (unpaired) electrons. The first-order chi connectivity index (χ1) is 9.54. The lowest BCUT2D eigenvalue weighted by molar-refractivity contribution is 0.585. The summed E-state index contributed by atoms with van der Waals surface area (Å²) in [5.74, 6) is 0. The summed E-state index contributed by atoms with van der Waals surface area (Å²) in [4.78, 5) is 4.76. The molecular formula is C16H21NO2S. The van der Waals surface area contributed by atoms with E-state index in [0.717, 1.165) is 24.1 Å². The summed E-state index contributed by atoms with van der Waals surface area (Å²) in [6.45, 7) is 4.03. The number of aliphatic imine (C=N–C) groups is 1. The Kier molecular flexibility index (Phi) is 4.76. The Morgan fingerprint density at radius 3 is 2.60 bits per heavy atom. The largest absolute Gasteiger partial charge is 0.266 e. The van der Waals surface area contributed by atoms with Gasteiger partial charge < -0.3 is 0 Å². The Morgan fingerprint density at radius 1 is 1.25 bits per heavy atom. The molecule has 0 fully saturated rings. The first kappa shape index (κ1) is 15.0. The minimum absolute atomic E-state index is 0.405. The van der Waals surface area contributed by atoms with E-state index in [1.807, 2.05) is 31.3 Å². The maximum absolute atomic E-state index is 12.7. The summed E-state index contributed by atoms with van der Waals surface area (Å²) in [6, 6.07) is 7.08. The molecule has 1 heterocycles. The number of aryl methyl sites for hydroxylation is 1. The zero-order chi connectivity index (χ0) is 14.6. The van der Waals surface area contributed by atoms with Crippen LogP contribution in [0.2, 0.25) is 0 Å². The standard InChI is InChI=1S/C16H21NO2S/c1-3-5-14-12-16(6-4-11-17-14)20(18,19)15-9-7-13(2)8-10-15/h7-12,16H,3-6H2,1-2H3. The Hall–Kier alpha value is -1.42. The molecule has 1 aliphatic rings. The molecule has 0 aromatic heterocycles. The molecule has 0 N–H and O–H groups in total. The third-order valence-electron chi connectivity index (χ3n) is 3.47. The summed E-state index contributed by atoms with van der Waals surface area (Å²) in [6.07, 6.45) is 6.79. The third-order valence-corrected chi connectivity index (χ3v) is 5.57. The summed E-state index contributed by atoms with van der Waals surface area (Å²) < 4.78 is 25.4. The molecule has 1 aromatic rings. The Labute approximate surface area is 121 Å². The van der Waals surface area contributed by atoms with Gasteiger partial charge >= 0.3 is 0 Å². The van der Waals surface area contributed by atoms with Gasteiger partial charge in [0, 0.05) is 11.9 Å². The van der Waals surface area contributed by atoms with E-state index in [1.54, 1.807) is 12.1 Å². The van der Waals surface area contributed by atoms with E-state index in [1.165, 1.54) is 0 Å². The predicted molar refractivity (Wildman–Crippen MR) is 82.9 cm³/mol. The van der Waals surface area contributed by atoms with Gasteiger partial charge in [-0.2, -0.15) is 0 Å². The molecule has 108 valence electrons. The van der Waals surface area contributed by atoms with Crippen LogP contribution in [-0.2, 0) is 9.84 Å². The highest BCUT2D eigenvalue weighted by atomic mass is 32.2. The van der Waals surface area contributed by atoms with Crippen LogP contribution in [0.15, 0.2) is 45.9 Å². The number of allylic oxidation sites excluding steroid dienone is 1. The minimum Gasteiger partial charge on any atom is -0.266 e. The van der Waals surface area contributed by atoms with Crippen molar-refractivity contribution in [3.8, 4) is 0 Å². The molecule has 0 aliphatic carbocycles. The summed E-state index contributed by atoms with van der Waals surface area (Å²) in [7, 11) is -3.31. The summed E-state index contributed by atoms with van der Waals surface area (Å²) >= 11 is 0. The first-order valence-electron chi connectivity index (χ1n) is 7.08. The Morgan fingerprint density at radius 2 is 1.95 bits per heavy atom. The van der Waals surface area contributed by atoms with Crippen LogP contribution in [0.1, 0.15) is 38.2 Å². The van der Waals surface area contributed by atoms with E-state index in [2.05, 4.69) is 11.9 Å². The number of hydrogen-bond acceptors (Lipinski definition) is 3. The topological polar surface area (TPSA) is 46.5 Å². The number of rotatable bonds is 4. The highest BCUT2D eigenvalue weighted by Crippen LogP contribution is 2.24. The number of nitrogens with zero attached hydrogens (tertiary/aromatic N) is 1. The molecule has 0 saturated carbocycles. The molecule has 1 atom stereocenters. The van der Waals surface area contributed by atoms with Gasteiger partial charge in [-0.05, 0) is 44.4 Å². The van der Waals surface area contributed by atoms with Gasteiger partial charge in [0.25, 0.3) is 0 Å². The van der Waals surface area contributed by atoms with E-state index < -0.39 is 15.1 Å². The fourth-order valence-electron chi connectivity index (χ4n) is 2.31. The van der Waals surface area contributed by atoms with Crippen LogP contribution in [0, 0.1) is 6.92 Å². The average molecular weight is 291 g/mol. The fraction of sp³-hybridized carbons (Fsp3) is 0.438. The quantitative estimate of drug-likeness (QED) is 0.849. The van der Waals surface area contributed by atoms with Gasteiger partial charge in [0.2, 0.25) is 0 Å². The predicted octanol–water partition coefficient (Wildman–Crippen LogP) is 3.69. The number of benzene rings is 1. The van der Waals surface area contributed by atoms with Crippen LogP contribution in [0.25, 0.3) is 0 Å². The Balaban J connectivity index is 2.33. The summed E-state index contributed by atoms with van der Waals surface area (Å²) in [5.41, 5.74) is 1.96. The van der Waals surface area contributed by atoms with Crippen molar-refractivity contribution in [1.29, 1.82) is 0 Å². The van der Waals surface area contributed by atoms with Crippen molar-refractivity contribution in [2.24, 2.45) is 4.99 Å². The molecule has 1 aromatic carbocycles. The SMILES string of the molecule is CCCC1=CC(S(=O)(=O)c2ccc(C)cc2)CCC=N1.